The maximum absolute atomic E-state index is 11.7. The van der Waals surface area contributed by atoms with Crippen LogP contribution in [0.25, 0.3) is 0 Å². The summed E-state index contributed by atoms with van der Waals surface area (Å²) < 4.78 is 2.11. The minimum atomic E-state index is -0.0455. The number of aromatic amines is 1. The summed E-state index contributed by atoms with van der Waals surface area (Å²) in [5, 5.41) is 5.39. The highest BCUT2D eigenvalue weighted by molar-refractivity contribution is 7.98. The summed E-state index contributed by atoms with van der Waals surface area (Å²) in [7, 11) is 0. The van der Waals surface area contributed by atoms with Crippen LogP contribution in [-0.2, 0) is 5.75 Å². The van der Waals surface area contributed by atoms with Crippen molar-refractivity contribution in [2.45, 2.75) is 61.4 Å². The molecule has 2 heterocycles. The van der Waals surface area contributed by atoms with Gasteiger partial charge in [0.05, 0.1) is 17.4 Å². The molecule has 2 aliphatic rings. The molecular formula is C16H20N4OS. The lowest BCUT2D eigenvalue weighted by molar-refractivity contribution is 0.464. The lowest BCUT2D eigenvalue weighted by Crippen LogP contribution is -2.09. The van der Waals surface area contributed by atoms with E-state index in [2.05, 4.69) is 32.0 Å². The first-order chi connectivity index (χ1) is 10.8. The summed E-state index contributed by atoms with van der Waals surface area (Å²) in [5.41, 5.74) is 1.95. The third kappa shape index (κ3) is 3.11. The summed E-state index contributed by atoms with van der Waals surface area (Å²) in [6.45, 7) is 0. The van der Waals surface area contributed by atoms with E-state index in [-0.39, 0.29) is 5.56 Å². The van der Waals surface area contributed by atoms with Crippen LogP contribution < -0.4 is 5.56 Å². The summed E-state index contributed by atoms with van der Waals surface area (Å²) in [6, 6.07) is 4.29. The molecule has 22 heavy (non-hydrogen) atoms. The van der Waals surface area contributed by atoms with Crippen LogP contribution in [0.3, 0.4) is 0 Å². The molecule has 2 aliphatic carbocycles. The van der Waals surface area contributed by atoms with Crippen molar-refractivity contribution < 1.29 is 0 Å². The predicted molar refractivity (Wildman–Crippen MR) is 86.1 cm³/mol. The largest absolute Gasteiger partial charge is 0.301 e. The van der Waals surface area contributed by atoms with Gasteiger partial charge in [-0.25, -0.2) is 4.98 Å². The summed E-state index contributed by atoms with van der Waals surface area (Å²) in [4.78, 5) is 19.1. The van der Waals surface area contributed by atoms with Gasteiger partial charge in [0.15, 0.2) is 5.16 Å². The van der Waals surface area contributed by atoms with E-state index in [0.717, 1.165) is 30.0 Å². The second-order valence-electron chi connectivity index (χ2n) is 6.26. The molecule has 2 fully saturated rings. The Morgan fingerprint density at radius 1 is 1.27 bits per heavy atom. The smallest absolute Gasteiger partial charge is 0.251 e. The minimum Gasteiger partial charge on any atom is -0.301 e. The first-order valence-electron chi connectivity index (χ1n) is 8.06. The fourth-order valence-corrected chi connectivity index (χ4v) is 3.86. The first-order valence-corrected chi connectivity index (χ1v) is 9.04. The van der Waals surface area contributed by atoms with Gasteiger partial charge in [-0.1, -0.05) is 24.6 Å². The van der Waals surface area contributed by atoms with E-state index in [0.29, 0.717) is 17.1 Å². The highest BCUT2D eigenvalue weighted by Gasteiger charge is 2.25. The van der Waals surface area contributed by atoms with Gasteiger partial charge >= 0.3 is 0 Å². The number of hydrogen-bond donors (Lipinski definition) is 1. The minimum absolute atomic E-state index is 0.0455. The Hall–Kier alpha value is -1.56. The van der Waals surface area contributed by atoms with E-state index >= 15 is 0 Å². The number of H-pyrrole nitrogens is 1. The van der Waals surface area contributed by atoms with Crippen LogP contribution in [0.2, 0.25) is 0 Å². The molecule has 0 aromatic carbocycles. The van der Waals surface area contributed by atoms with Crippen molar-refractivity contribution in [2.24, 2.45) is 0 Å². The highest BCUT2D eigenvalue weighted by Crippen LogP contribution is 2.38. The Bertz CT molecular complexity index is 713. The van der Waals surface area contributed by atoms with Gasteiger partial charge < -0.3 is 4.98 Å². The van der Waals surface area contributed by atoms with E-state index in [4.69, 9.17) is 0 Å². The van der Waals surface area contributed by atoms with Crippen molar-refractivity contribution in [2.75, 3.05) is 0 Å². The second kappa shape index (κ2) is 5.91. The van der Waals surface area contributed by atoms with Gasteiger partial charge in [-0.05, 0) is 31.7 Å². The van der Waals surface area contributed by atoms with Crippen molar-refractivity contribution in [3.05, 3.63) is 40.1 Å². The molecule has 6 heteroatoms. The second-order valence-corrected chi connectivity index (χ2v) is 7.23. The van der Waals surface area contributed by atoms with Gasteiger partial charge in [0.1, 0.15) is 0 Å². The molecule has 1 N–H and O–H groups in total. The van der Waals surface area contributed by atoms with Gasteiger partial charge in [-0.2, -0.15) is 5.10 Å². The monoisotopic (exact) mass is 316 g/mol. The van der Waals surface area contributed by atoms with Crippen molar-refractivity contribution in [3.63, 3.8) is 0 Å². The van der Waals surface area contributed by atoms with Gasteiger partial charge in [0, 0.05) is 23.9 Å². The zero-order valence-electron chi connectivity index (χ0n) is 12.5. The molecule has 0 atom stereocenters. The topological polar surface area (TPSA) is 63.6 Å². The van der Waals surface area contributed by atoms with Gasteiger partial charge in [-0.15, -0.1) is 0 Å². The lowest BCUT2D eigenvalue weighted by atomic mass is 10.3. The molecule has 0 radical (unpaired) electrons. The maximum atomic E-state index is 11.7. The van der Waals surface area contributed by atoms with Crippen LogP contribution in [0.5, 0.6) is 0 Å². The zero-order valence-corrected chi connectivity index (χ0v) is 13.3. The van der Waals surface area contributed by atoms with Crippen molar-refractivity contribution >= 4 is 11.8 Å². The fraction of sp³-hybridized carbons (Fsp3) is 0.562. The number of hydrogen-bond acceptors (Lipinski definition) is 4. The molecule has 0 amide bonds. The summed E-state index contributed by atoms with van der Waals surface area (Å²) in [6.07, 6.45) is 9.52. The fourth-order valence-electron chi connectivity index (χ4n) is 3.08. The normalized spacial score (nSPS) is 18.9. The van der Waals surface area contributed by atoms with E-state index in [9.17, 15) is 4.79 Å². The maximum Gasteiger partial charge on any atom is 0.251 e. The van der Waals surface area contributed by atoms with E-state index in [1.165, 1.54) is 25.7 Å². The first kappa shape index (κ1) is 14.1. The van der Waals surface area contributed by atoms with Crippen LogP contribution in [-0.4, -0.2) is 19.7 Å². The Balaban J connectivity index is 1.43. The molecule has 2 aromatic rings. The standard InChI is InChI=1S/C16H20N4OS/c21-15-9-14(11-5-6-11)17-16(18-15)22-10-12-7-8-20(19-12)13-3-1-2-4-13/h7-9,11,13H,1-6,10H2,(H,17,18,21). The van der Waals surface area contributed by atoms with Crippen molar-refractivity contribution in [1.29, 1.82) is 0 Å². The van der Waals surface area contributed by atoms with Crippen LogP contribution in [0, 0.1) is 0 Å². The number of thioether (sulfide) groups is 1. The average molecular weight is 316 g/mol. The van der Waals surface area contributed by atoms with E-state index in [1.807, 2.05) is 0 Å². The molecule has 116 valence electrons. The number of aromatic nitrogens is 4. The highest BCUT2D eigenvalue weighted by atomic mass is 32.2. The van der Waals surface area contributed by atoms with Crippen molar-refractivity contribution in [1.82, 2.24) is 19.7 Å². The summed E-state index contributed by atoms with van der Waals surface area (Å²) in [5.74, 6) is 1.25. The molecule has 0 bridgehead atoms. The molecule has 0 unspecified atom stereocenters. The summed E-state index contributed by atoms with van der Waals surface area (Å²) >= 11 is 1.56. The van der Waals surface area contributed by atoms with Crippen LogP contribution >= 0.6 is 11.8 Å². The van der Waals surface area contributed by atoms with Crippen LogP contribution in [0.15, 0.2) is 28.3 Å². The number of nitrogens with zero attached hydrogens (tertiary/aromatic N) is 3. The third-order valence-electron chi connectivity index (χ3n) is 4.45. The number of rotatable bonds is 5. The van der Waals surface area contributed by atoms with E-state index in [1.54, 1.807) is 17.8 Å². The Morgan fingerprint density at radius 2 is 2.09 bits per heavy atom. The van der Waals surface area contributed by atoms with Crippen LogP contribution in [0.1, 0.15) is 61.9 Å². The molecular weight excluding hydrogens is 296 g/mol. The average Bonchev–Trinajstić information content (AvgIpc) is 3.02. The molecule has 4 rings (SSSR count). The number of nitrogens with one attached hydrogen (secondary N) is 1. The third-order valence-corrected chi connectivity index (χ3v) is 5.36. The quantitative estimate of drug-likeness (QED) is 0.679. The molecule has 2 saturated carbocycles. The lowest BCUT2D eigenvalue weighted by Gasteiger charge is -2.08. The Morgan fingerprint density at radius 3 is 2.86 bits per heavy atom. The Labute approximate surface area is 133 Å². The molecule has 0 spiro atoms. The van der Waals surface area contributed by atoms with Crippen LogP contribution in [0.4, 0.5) is 0 Å². The van der Waals surface area contributed by atoms with Gasteiger partial charge in [0.25, 0.3) is 5.56 Å². The molecule has 0 aliphatic heterocycles. The van der Waals surface area contributed by atoms with Crippen molar-refractivity contribution in [3.8, 4) is 0 Å². The molecule has 0 saturated heterocycles. The van der Waals surface area contributed by atoms with E-state index < -0.39 is 0 Å². The SMILES string of the molecule is O=c1cc(C2CC2)nc(SCc2ccn(C3CCCC3)n2)[nH]1. The van der Waals surface area contributed by atoms with Gasteiger partial charge in [0.2, 0.25) is 0 Å². The molecule has 2 aromatic heterocycles. The predicted octanol–water partition coefficient (Wildman–Crippen LogP) is 3.25. The van der Waals surface area contributed by atoms with Gasteiger partial charge in [-0.3, -0.25) is 9.48 Å². The zero-order chi connectivity index (χ0) is 14.9. The molecule has 5 nitrogen and oxygen atoms in total. The Kier molecular flexibility index (Phi) is 3.78.